The highest BCUT2D eigenvalue weighted by atomic mass is 31.2. The van der Waals surface area contributed by atoms with Gasteiger partial charge in [-0.1, -0.05) is 0 Å². The van der Waals surface area contributed by atoms with Crippen LogP contribution in [0.25, 0.3) is 22.3 Å². The quantitative estimate of drug-likeness (QED) is 0.0573. The third kappa shape index (κ3) is 8.92. The predicted molar refractivity (Wildman–Crippen MR) is 163 cm³/mol. The zero-order valence-electron chi connectivity index (χ0n) is 26.9. The lowest BCUT2D eigenvalue weighted by Crippen LogP contribution is -2.35. The van der Waals surface area contributed by atoms with Crippen molar-refractivity contribution in [1.29, 1.82) is 0 Å². The van der Waals surface area contributed by atoms with Gasteiger partial charge in [0.15, 0.2) is 35.4 Å². The molecule has 2 fully saturated rings. The molecule has 0 amide bonds. The molecule has 0 radical (unpaired) electrons. The summed E-state index contributed by atoms with van der Waals surface area (Å²) in [7, 11) is -16.8. The summed E-state index contributed by atoms with van der Waals surface area (Å²) in [6.45, 7) is -4.64. The summed E-state index contributed by atoms with van der Waals surface area (Å²) in [5.74, 6) is 0.0213. The first-order valence-corrected chi connectivity index (χ1v) is 19.5. The average molecular weight is 826 g/mol. The van der Waals surface area contributed by atoms with Crippen molar-refractivity contribution in [3.8, 4) is 0 Å². The van der Waals surface area contributed by atoms with Crippen LogP contribution in [0.15, 0.2) is 25.3 Å². The van der Waals surface area contributed by atoms with Gasteiger partial charge in [0.1, 0.15) is 66.4 Å². The molecule has 0 saturated carbocycles. The van der Waals surface area contributed by atoms with Gasteiger partial charge in [-0.25, -0.2) is 29.9 Å². The fourth-order valence-corrected chi connectivity index (χ4v) is 7.34. The van der Waals surface area contributed by atoms with E-state index in [9.17, 15) is 53.7 Å². The number of hydrogen-bond donors (Lipinski definition) is 6. The van der Waals surface area contributed by atoms with Crippen LogP contribution in [0.3, 0.4) is 0 Å². The molecule has 0 aliphatic carbocycles. The molecule has 5 unspecified atom stereocenters. The topological polar surface area (TPSA) is 428 Å². The molecule has 2 aliphatic rings. The van der Waals surface area contributed by atoms with Crippen LogP contribution in [0.2, 0.25) is 0 Å². The lowest BCUT2D eigenvalue weighted by molar-refractivity contribution is -0.346. The molecule has 28 nitrogen and oxygen atoms in total. The summed E-state index contributed by atoms with van der Waals surface area (Å²) >= 11 is 0. The summed E-state index contributed by atoms with van der Waals surface area (Å²) in [4.78, 5) is 71.1. The van der Waals surface area contributed by atoms with Gasteiger partial charge in [-0.3, -0.25) is 18.3 Å². The number of phosphoric ester groups is 3. The van der Waals surface area contributed by atoms with Gasteiger partial charge in [-0.2, -0.15) is 0 Å². The Balaban J connectivity index is 1.01. The van der Waals surface area contributed by atoms with Crippen molar-refractivity contribution in [3.05, 3.63) is 25.3 Å². The predicted octanol–water partition coefficient (Wildman–Crippen LogP) is -5.71. The van der Waals surface area contributed by atoms with E-state index < -0.39 is 105 Å². The lowest BCUT2D eigenvalue weighted by atomic mass is 10.1. The Morgan fingerprint density at radius 3 is 1.46 bits per heavy atom. The van der Waals surface area contributed by atoms with Gasteiger partial charge in [0.25, 0.3) is 15.6 Å². The Morgan fingerprint density at radius 2 is 1.07 bits per heavy atom. The van der Waals surface area contributed by atoms with E-state index in [1.54, 1.807) is 0 Å². The number of nitrogens with two attached hydrogens (primary N) is 2. The number of nitrogen functional groups attached to an aromatic ring is 2. The summed E-state index contributed by atoms with van der Waals surface area (Å²) in [5, 5.41) is 42.0. The number of aromatic nitrogens is 8. The summed E-state index contributed by atoms with van der Waals surface area (Å²) in [5.41, 5.74) is 12.0. The van der Waals surface area contributed by atoms with Crippen molar-refractivity contribution >= 4 is 57.4 Å². The molecule has 8 N–H and O–H groups in total. The molecule has 11 atom stereocenters. The van der Waals surface area contributed by atoms with Crippen molar-refractivity contribution in [2.45, 2.75) is 55.2 Å². The molecule has 0 spiro atoms. The molecule has 298 valence electrons. The van der Waals surface area contributed by atoms with Crippen LogP contribution in [0, 0.1) is 0 Å². The molecule has 2 saturated heterocycles. The van der Waals surface area contributed by atoms with E-state index in [4.69, 9.17) is 20.9 Å². The minimum atomic E-state index is -5.92. The van der Waals surface area contributed by atoms with E-state index >= 15 is 0 Å². The van der Waals surface area contributed by atoms with Crippen LogP contribution >= 0.6 is 23.5 Å². The number of imidazole rings is 2. The van der Waals surface area contributed by atoms with Crippen LogP contribution in [0.5, 0.6) is 0 Å². The Labute approximate surface area is 300 Å². The van der Waals surface area contributed by atoms with E-state index in [-0.39, 0.29) is 34.0 Å². The highest BCUT2D eigenvalue weighted by Gasteiger charge is 2.46. The number of nitrogens with zero attached hydrogens (tertiary/aromatic N) is 8. The fourth-order valence-electron chi connectivity index (χ4n) is 5.35. The van der Waals surface area contributed by atoms with Crippen LogP contribution in [0.1, 0.15) is 12.5 Å². The standard InChI is InChI=1S/C23H33N10O18P3/c24-18-12-20(28-5-26-18)32(7-30-12)22-16(36)14(34)10(49-22)3-47-53(41,42)45-1-9(51-52(38,39)40)2-46-54(43,44)48-4-11-15(35)17(37)23(50-11)33-8-31-13-19(25)27-6-29-21(13)33/h5-11,14-17,22-23,34-37H,1-4H2,(H,41,42)(H,43,44)(H2,24,26,28)(H2,25,27,29)(H2,38,39,40)/p-4/t9?,10-,11?,14-,15-,16-,17-,22?,23-/m1/s1. The number of hydrogen-bond acceptors (Lipinski definition) is 26. The van der Waals surface area contributed by atoms with Crippen LogP contribution in [0.4, 0.5) is 11.6 Å². The summed E-state index contributed by atoms with van der Waals surface area (Å²) in [6, 6.07) is 0. The highest BCUT2D eigenvalue weighted by Crippen LogP contribution is 2.44. The minimum Gasteiger partial charge on any atom is -0.790 e. The number of aliphatic hydroxyl groups excluding tert-OH is 4. The maximum atomic E-state index is 12.5. The maximum absolute atomic E-state index is 12.5. The van der Waals surface area contributed by atoms with Gasteiger partial charge in [0.05, 0.1) is 46.9 Å². The van der Waals surface area contributed by atoms with Crippen molar-refractivity contribution in [2.24, 2.45) is 0 Å². The molecule has 31 heteroatoms. The zero-order chi connectivity index (χ0) is 39.2. The van der Waals surface area contributed by atoms with Crippen molar-refractivity contribution in [1.82, 2.24) is 39.0 Å². The first kappa shape index (κ1) is 40.5. The Hall–Kier alpha value is -3.21. The third-order valence-electron chi connectivity index (χ3n) is 7.91. The Bertz CT molecular complexity index is 1970. The second kappa shape index (κ2) is 15.7. The van der Waals surface area contributed by atoms with Gasteiger partial charge < -0.3 is 88.1 Å². The van der Waals surface area contributed by atoms with Gasteiger partial charge in [-0.05, 0) is 0 Å². The monoisotopic (exact) mass is 826 g/mol. The van der Waals surface area contributed by atoms with Gasteiger partial charge in [-0.15, -0.1) is 0 Å². The molecule has 6 heterocycles. The molecule has 2 aliphatic heterocycles. The molecule has 4 aromatic rings. The number of anilines is 2. The van der Waals surface area contributed by atoms with E-state index in [0.29, 0.717) is 0 Å². The van der Waals surface area contributed by atoms with Crippen LogP contribution < -0.4 is 31.0 Å². The van der Waals surface area contributed by atoms with E-state index in [0.717, 1.165) is 12.7 Å². The maximum Gasteiger partial charge on any atom is 0.268 e. The number of rotatable bonds is 16. The molecule has 0 aromatic carbocycles. The van der Waals surface area contributed by atoms with E-state index in [1.165, 1.54) is 21.8 Å². The average Bonchev–Trinajstić information content (AvgIpc) is 3.86. The zero-order valence-corrected chi connectivity index (χ0v) is 29.6. The number of aliphatic hydroxyl groups is 4. The van der Waals surface area contributed by atoms with Crippen molar-refractivity contribution < 1.29 is 85.8 Å². The summed E-state index contributed by atoms with van der Waals surface area (Å²) in [6.07, 6.45) is -10.1. The smallest absolute Gasteiger partial charge is 0.268 e. The van der Waals surface area contributed by atoms with Gasteiger partial charge in [0.2, 0.25) is 0 Å². The lowest BCUT2D eigenvalue weighted by Gasteiger charge is -2.35. The molecular formula is C23H29N10O18P3-4. The van der Waals surface area contributed by atoms with Crippen LogP contribution in [-0.4, -0.2) is 129 Å². The first-order valence-electron chi connectivity index (χ1n) is 15.1. The number of ether oxygens (including phenoxy) is 2. The van der Waals surface area contributed by atoms with Crippen LogP contribution in [-0.2, 0) is 45.8 Å². The second-order valence-corrected chi connectivity index (χ2v) is 15.4. The van der Waals surface area contributed by atoms with Crippen molar-refractivity contribution in [3.63, 3.8) is 0 Å². The highest BCUT2D eigenvalue weighted by molar-refractivity contribution is 7.46. The molecular weight excluding hydrogens is 797 g/mol. The number of fused-ring (bicyclic) bond motifs is 2. The number of phosphoric acid groups is 3. The fraction of sp³-hybridized carbons (Fsp3) is 0.565. The SMILES string of the molecule is Nc1ncnc2c1ncn2C1O[C@H](COP(=O)([O-])OCC(COP(=O)([O-])OCC2O[C@@H](n3cnc4c(N)ncnc43)[C@H](O)[C@@H]2O)OP(=O)([O-])[O-])[C@@H](O)[C@H]1O. The molecule has 4 aromatic heterocycles. The normalized spacial score (nSPS) is 29.1. The minimum absolute atomic E-state index is 0.0106. The molecule has 6 rings (SSSR count). The molecule has 54 heavy (non-hydrogen) atoms. The van der Waals surface area contributed by atoms with E-state index in [1.807, 2.05) is 0 Å². The van der Waals surface area contributed by atoms with E-state index in [2.05, 4.69) is 52.5 Å². The molecule has 0 bridgehead atoms. The summed E-state index contributed by atoms with van der Waals surface area (Å²) < 4.78 is 72.3. The second-order valence-electron chi connectivity index (χ2n) is 11.5. The largest absolute Gasteiger partial charge is 0.790 e. The van der Waals surface area contributed by atoms with Crippen molar-refractivity contribution in [2.75, 3.05) is 37.9 Å². The first-order chi connectivity index (χ1) is 25.3. The Morgan fingerprint density at radius 1 is 0.667 bits per heavy atom. The van der Waals surface area contributed by atoms with Gasteiger partial charge in [0, 0.05) is 0 Å². The Kier molecular flexibility index (Phi) is 11.8. The third-order valence-corrected chi connectivity index (χ3v) is 10.3. The van der Waals surface area contributed by atoms with Gasteiger partial charge >= 0.3 is 0 Å².